The first kappa shape index (κ1) is 16.4. The van der Waals surface area contributed by atoms with Crippen LogP contribution in [-0.2, 0) is 21.1 Å². The summed E-state index contributed by atoms with van der Waals surface area (Å²) in [6, 6.07) is 5.16. The predicted octanol–water partition coefficient (Wildman–Crippen LogP) is 2.26. The SMILES string of the molecule is COCCC(C)NCc1c(Cl)cccc1S(C)(=O)=O. The Labute approximate surface area is 120 Å². The number of sulfone groups is 1. The Kier molecular flexibility index (Phi) is 6.26. The third-order valence-electron chi connectivity index (χ3n) is 2.86. The van der Waals surface area contributed by atoms with E-state index in [2.05, 4.69) is 5.32 Å². The Morgan fingerprint density at radius 1 is 1.42 bits per heavy atom. The van der Waals surface area contributed by atoms with Crippen LogP contribution in [0.5, 0.6) is 0 Å². The molecule has 0 aliphatic rings. The van der Waals surface area contributed by atoms with E-state index in [0.717, 1.165) is 6.42 Å². The van der Waals surface area contributed by atoms with E-state index in [1.165, 1.54) is 6.26 Å². The van der Waals surface area contributed by atoms with Crippen molar-refractivity contribution in [3.8, 4) is 0 Å². The highest BCUT2D eigenvalue weighted by atomic mass is 35.5. The van der Waals surface area contributed by atoms with Crippen LogP contribution < -0.4 is 5.32 Å². The van der Waals surface area contributed by atoms with Crippen LogP contribution in [0.3, 0.4) is 0 Å². The summed E-state index contributed by atoms with van der Waals surface area (Å²) in [6.07, 6.45) is 2.05. The molecular formula is C13H20ClNO3S. The second kappa shape index (κ2) is 7.24. The molecule has 1 aromatic carbocycles. The lowest BCUT2D eigenvalue weighted by Gasteiger charge is -2.16. The Morgan fingerprint density at radius 3 is 2.68 bits per heavy atom. The molecule has 1 aromatic rings. The van der Waals surface area contributed by atoms with E-state index in [0.29, 0.717) is 23.7 Å². The van der Waals surface area contributed by atoms with Crippen LogP contribution in [0.25, 0.3) is 0 Å². The highest BCUT2D eigenvalue weighted by Gasteiger charge is 2.16. The van der Waals surface area contributed by atoms with Crippen LogP contribution in [0.1, 0.15) is 18.9 Å². The van der Waals surface area contributed by atoms with E-state index in [9.17, 15) is 8.42 Å². The molecule has 19 heavy (non-hydrogen) atoms. The standard InChI is InChI=1S/C13H20ClNO3S/c1-10(7-8-18-2)15-9-11-12(14)5-4-6-13(11)19(3,16)17/h4-6,10,15H,7-9H2,1-3H3. The second-order valence-corrected chi connectivity index (χ2v) is 6.94. The minimum absolute atomic E-state index is 0.226. The Hall–Kier alpha value is -0.620. The van der Waals surface area contributed by atoms with Crippen molar-refractivity contribution in [2.45, 2.75) is 30.8 Å². The molecule has 0 aliphatic heterocycles. The molecule has 108 valence electrons. The smallest absolute Gasteiger partial charge is 0.175 e. The maximum atomic E-state index is 11.7. The molecule has 1 rings (SSSR count). The van der Waals surface area contributed by atoms with Crippen molar-refractivity contribution >= 4 is 21.4 Å². The normalized spacial score (nSPS) is 13.5. The highest BCUT2D eigenvalue weighted by Crippen LogP contribution is 2.24. The van der Waals surface area contributed by atoms with Crippen LogP contribution in [-0.4, -0.2) is 34.4 Å². The number of hydrogen-bond acceptors (Lipinski definition) is 4. The summed E-state index contributed by atoms with van der Waals surface area (Å²) < 4.78 is 28.4. The fraction of sp³-hybridized carbons (Fsp3) is 0.538. The molecule has 0 heterocycles. The van der Waals surface area contributed by atoms with Gasteiger partial charge >= 0.3 is 0 Å². The number of ether oxygens (including phenoxy) is 1. The zero-order valence-corrected chi connectivity index (χ0v) is 13.0. The monoisotopic (exact) mass is 305 g/mol. The van der Waals surface area contributed by atoms with Crippen LogP contribution in [0, 0.1) is 0 Å². The van der Waals surface area contributed by atoms with Gasteiger partial charge in [-0.05, 0) is 25.5 Å². The topological polar surface area (TPSA) is 55.4 Å². The molecule has 0 aromatic heterocycles. The first-order chi connectivity index (χ1) is 8.86. The van der Waals surface area contributed by atoms with E-state index in [1.807, 2.05) is 6.92 Å². The third kappa shape index (κ3) is 5.10. The maximum Gasteiger partial charge on any atom is 0.175 e. The summed E-state index contributed by atoms with van der Waals surface area (Å²) >= 11 is 6.09. The number of halogens is 1. The van der Waals surface area contributed by atoms with Gasteiger partial charge in [-0.2, -0.15) is 0 Å². The lowest BCUT2D eigenvalue weighted by atomic mass is 10.2. The molecule has 0 amide bonds. The summed E-state index contributed by atoms with van der Waals surface area (Å²) in [6.45, 7) is 3.11. The summed E-state index contributed by atoms with van der Waals surface area (Å²) in [5.41, 5.74) is 0.621. The van der Waals surface area contributed by atoms with Gasteiger partial charge in [-0.3, -0.25) is 0 Å². The summed E-state index contributed by atoms with van der Waals surface area (Å²) in [4.78, 5) is 0.284. The van der Waals surface area contributed by atoms with Crippen molar-refractivity contribution in [1.29, 1.82) is 0 Å². The molecule has 4 nitrogen and oxygen atoms in total. The summed E-state index contributed by atoms with van der Waals surface area (Å²) in [7, 11) is -1.61. The average Bonchev–Trinajstić information content (AvgIpc) is 2.33. The predicted molar refractivity (Wildman–Crippen MR) is 77.4 cm³/mol. The average molecular weight is 306 g/mol. The van der Waals surface area contributed by atoms with E-state index in [4.69, 9.17) is 16.3 Å². The number of nitrogens with one attached hydrogen (secondary N) is 1. The quantitative estimate of drug-likeness (QED) is 0.839. The van der Waals surface area contributed by atoms with Crippen molar-refractivity contribution in [2.24, 2.45) is 0 Å². The van der Waals surface area contributed by atoms with Gasteiger partial charge in [-0.25, -0.2) is 8.42 Å². The molecular weight excluding hydrogens is 286 g/mol. The lowest BCUT2D eigenvalue weighted by molar-refractivity contribution is 0.184. The van der Waals surface area contributed by atoms with Crippen molar-refractivity contribution < 1.29 is 13.2 Å². The second-order valence-electron chi connectivity index (χ2n) is 4.55. The Morgan fingerprint density at radius 2 is 2.11 bits per heavy atom. The van der Waals surface area contributed by atoms with Gasteiger partial charge in [-0.1, -0.05) is 17.7 Å². The van der Waals surface area contributed by atoms with E-state index >= 15 is 0 Å². The zero-order valence-electron chi connectivity index (χ0n) is 11.4. The summed E-state index contributed by atoms with van der Waals surface area (Å²) in [5.74, 6) is 0. The van der Waals surface area contributed by atoms with Crippen LogP contribution in [0.4, 0.5) is 0 Å². The summed E-state index contributed by atoms with van der Waals surface area (Å²) in [5, 5.41) is 3.73. The molecule has 6 heteroatoms. The molecule has 0 saturated heterocycles. The maximum absolute atomic E-state index is 11.7. The molecule has 1 N–H and O–H groups in total. The number of hydrogen-bond donors (Lipinski definition) is 1. The van der Waals surface area contributed by atoms with E-state index in [-0.39, 0.29) is 10.9 Å². The minimum atomic E-state index is -3.27. The molecule has 0 saturated carbocycles. The van der Waals surface area contributed by atoms with Crippen LogP contribution >= 0.6 is 11.6 Å². The first-order valence-electron chi connectivity index (χ1n) is 6.06. The fourth-order valence-corrected chi connectivity index (χ4v) is 2.98. The number of methoxy groups -OCH3 is 1. The molecule has 0 bridgehead atoms. The fourth-order valence-electron chi connectivity index (χ4n) is 1.73. The van der Waals surface area contributed by atoms with Crippen LogP contribution in [0.2, 0.25) is 5.02 Å². The first-order valence-corrected chi connectivity index (χ1v) is 8.33. The molecule has 0 fully saturated rings. The zero-order chi connectivity index (χ0) is 14.5. The van der Waals surface area contributed by atoms with Gasteiger partial charge in [0.05, 0.1) is 4.90 Å². The van der Waals surface area contributed by atoms with Crippen molar-refractivity contribution in [1.82, 2.24) is 5.32 Å². The van der Waals surface area contributed by atoms with Crippen molar-refractivity contribution in [2.75, 3.05) is 20.0 Å². The van der Waals surface area contributed by atoms with Gasteiger partial charge in [-0.15, -0.1) is 0 Å². The highest BCUT2D eigenvalue weighted by molar-refractivity contribution is 7.90. The number of benzene rings is 1. The van der Waals surface area contributed by atoms with E-state index in [1.54, 1.807) is 25.3 Å². The number of rotatable bonds is 7. The van der Waals surface area contributed by atoms with Crippen LogP contribution in [0.15, 0.2) is 23.1 Å². The molecule has 0 spiro atoms. The molecule has 0 radical (unpaired) electrons. The largest absolute Gasteiger partial charge is 0.385 e. The van der Waals surface area contributed by atoms with Gasteiger partial charge in [0.2, 0.25) is 0 Å². The Bertz CT molecular complexity index is 517. The van der Waals surface area contributed by atoms with Gasteiger partial charge in [0.1, 0.15) is 0 Å². The molecule has 0 aliphatic carbocycles. The third-order valence-corrected chi connectivity index (χ3v) is 4.39. The molecule has 1 atom stereocenters. The van der Waals surface area contributed by atoms with Crippen molar-refractivity contribution in [3.63, 3.8) is 0 Å². The Balaban J connectivity index is 2.83. The molecule has 1 unspecified atom stereocenters. The van der Waals surface area contributed by atoms with Crippen molar-refractivity contribution in [3.05, 3.63) is 28.8 Å². The van der Waals surface area contributed by atoms with E-state index < -0.39 is 9.84 Å². The van der Waals surface area contributed by atoms with Gasteiger partial charge < -0.3 is 10.1 Å². The minimum Gasteiger partial charge on any atom is -0.385 e. The van der Waals surface area contributed by atoms with Gasteiger partial charge in [0.25, 0.3) is 0 Å². The van der Waals surface area contributed by atoms with Gasteiger partial charge in [0.15, 0.2) is 9.84 Å². The lowest BCUT2D eigenvalue weighted by Crippen LogP contribution is -2.27. The van der Waals surface area contributed by atoms with Gasteiger partial charge in [0, 0.05) is 43.1 Å².